The van der Waals surface area contributed by atoms with Crippen molar-refractivity contribution in [3.05, 3.63) is 0 Å². The van der Waals surface area contributed by atoms with Gasteiger partial charge >= 0.3 is 12.1 Å². The van der Waals surface area contributed by atoms with Gasteiger partial charge in [0.15, 0.2) is 0 Å². The summed E-state index contributed by atoms with van der Waals surface area (Å²) >= 11 is 0. The van der Waals surface area contributed by atoms with E-state index < -0.39 is 23.1 Å². The lowest BCUT2D eigenvalue weighted by atomic mass is 9.47. The molecule has 4 fully saturated rings. The van der Waals surface area contributed by atoms with Crippen molar-refractivity contribution in [1.82, 2.24) is 5.32 Å². The number of amides is 1. The highest BCUT2D eigenvalue weighted by Crippen LogP contribution is 2.60. The van der Waals surface area contributed by atoms with Crippen molar-refractivity contribution in [1.29, 1.82) is 0 Å². The van der Waals surface area contributed by atoms with Gasteiger partial charge in [-0.15, -0.1) is 0 Å². The average Bonchev–Trinajstić information content (AvgIpc) is 2.30. The van der Waals surface area contributed by atoms with Crippen molar-refractivity contribution in [3.63, 3.8) is 0 Å². The highest BCUT2D eigenvalue weighted by atomic mass is 16.6. The molecule has 0 aromatic carbocycles. The van der Waals surface area contributed by atoms with E-state index >= 15 is 0 Å². The zero-order valence-electron chi connectivity index (χ0n) is 13.0. The monoisotopic (exact) mass is 295 g/mol. The standard InChI is InChI=1S/C16H25NO4/c1-15(2,3)21-14(20)17-12-11-5-9-4-10(6-11)8-16(12,7-9)13(18)19/h9-12H,4-8H2,1-3H3,(H,17,20)(H,18,19). The molecule has 2 N–H and O–H groups in total. The zero-order chi connectivity index (χ0) is 15.4. The smallest absolute Gasteiger partial charge is 0.407 e. The Hall–Kier alpha value is -1.26. The van der Waals surface area contributed by atoms with Gasteiger partial charge in [0.05, 0.1) is 11.5 Å². The van der Waals surface area contributed by atoms with Crippen LogP contribution in [0.2, 0.25) is 0 Å². The lowest BCUT2D eigenvalue weighted by Gasteiger charge is -2.59. The SMILES string of the molecule is CC(C)(C)OC(=O)NC1C2CC3CC(C2)CC1(C(=O)O)C3. The molecule has 21 heavy (non-hydrogen) atoms. The summed E-state index contributed by atoms with van der Waals surface area (Å²) in [5, 5.41) is 12.7. The first-order valence-corrected chi connectivity index (χ1v) is 7.92. The van der Waals surface area contributed by atoms with Gasteiger partial charge < -0.3 is 15.2 Å². The van der Waals surface area contributed by atoms with Crippen LogP contribution in [-0.2, 0) is 9.53 Å². The summed E-state index contributed by atoms with van der Waals surface area (Å²) in [7, 11) is 0. The van der Waals surface area contributed by atoms with Crippen LogP contribution in [0.5, 0.6) is 0 Å². The number of aliphatic carboxylic acids is 1. The molecular weight excluding hydrogens is 270 g/mol. The summed E-state index contributed by atoms with van der Waals surface area (Å²) in [6.45, 7) is 5.45. The fourth-order valence-electron chi connectivity index (χ4n) is 5.04. The second-order valence-electron chi connectivity index (χ2n) is 8.19. The second-order valence-corrected chi connectivity index (χ2v) is 8.19. The highest BCUT2D eigenvalue weighted by molar-refractivity contribution is 5.78. The van der Waals surface area contributed by atoms with E-state index in [1.807, 2.05) is 20.8 Å². The molecule has 4 aliphatic rings. The first kappa shape index (κ1) is 14.7. The average molecular weight is 295 g/mol. The molecule has 0 aromatic heterocycles. The molecule has 0 spiro atoms. The Morgan fingerprint density at radius 3 is 2.19 bits per heavy atom. The molecular formula is C16H25NO4. The van der Waals surface area contributed by atoms with E-state index in [4.69, 9.17) is 4.74 Å². The van der Waals surface area contributed by atoms with Crippen molar-refractivity contribution >= 4 is 12.1 Å². The molecule has 118 valence electrons. The number of hydrogen-bond acceptors (Lipinski definition) is 3. The van der Waals surface area contributed by atoms with E-state index in [1.165, 1.54) is 6.42 Å². The molecule has 0 saturated heterocycles. The van der Waals surface area contributed by atoms with Gasteiger partial charge in [0, 0.05) is 0 Å². The molecule has 4 aliphatic carbocycles. The van der Waals surface area contributed by atoms with Gasteiger partial charge in [0.25, 0.3) is 0 Å². The van der Waals surface area contributed by atoms with Gasteiger partial charge in [-0.1, -0.05) is 0 Å². The first-order chi connectivity index (χ1) is 9.69. The molecule has 0 heterocycles. The van der Waals surface area contributed by atoms with Crippen molar-refractivity contribution in [2.24, 2.45) is 23.2 Å². The van der Waals surface area contributed by atoms with E-state index in [0.717, 1.165) is 12.8 Å². The van der Waals surface area contributed by atoms with Crippen LogP contribution in [0.1, 0.15) is 52.9 Å². The molecule has 1 amide bonds. The Labute approximate surface area is 125 Å². The second kappa shape index (κ2) is 4.62. The molecule has 5 nitrogen and oxygen atoms in total. The molecule has 0 aliphatic heterocycles. The number of alkyl carbamates (subject to hydrolysis) is 1. The Bertz CT molecular complexity index is 453. The Balaban J connectivity index is 1.80. The number of carboxylic acid groups (broad SMARTS) is 1. The van der Waals surface area contributed by atoms with Crippen LogP contribution >= 0.6 is 0 Å². The van der Waals surface area contributed by atoms with Crippen LogP contribution in [0.15, 0.2) is 0 Å². The maximum Gasteiger partial charge on any atom is 0.407 e. The van der Waals surface area contributed by atoms with E-state index in [0.29, 0.717) is 30.6 Å². The lowest BCUT2D eigenvalue weighted by molar-refractivity contribution is -0.170. The zero-order valence-corrected chi connectivity index (χ0v) is 13.0. The molecule has 4 saturated carbocycles. The fraction of sp³-hybridized carbons (Fsp3) is 0.875. The largest absolute Gasteiger partial charge is 0.481 e. The molecule has 4 rings (SSSR count). The topological polar surface area (TPSA) is 75.6 Å². The quantitative estimate of drug-likeness (QED) is 0.821. The van der Waals surface area contributed by atoms with E-state index in [9.17, 15) is 14.7 Å². The maximum atomic E-state index is 12.1. The highest BCUT2D eigenvalue weighted by Gasteiger charge is 2.61. The number of hydrogen-bond donors (Lipinski definition) is 2. The number of ether oxygens (including phenoxy) is 1. The normalized spacial score (nSPS) is 40.9. The predicted octanol–water partition coefficient (Wildman–Crippen LogP) is 2.79. The van der Waals surface area contributed by atoms with E-state index in [2.05, 4.69) is 5.32 Å². The van der Waals surface area contributed by atoms with Crippen LogP contribution in [0.4, 0.5) is 4.79 Å². The molecule has 0 aromatic rings. The fourth-order valence-corrected chi connectivity index (χ4v) is 5.04. The number of carboxylic acids is 1. The van der Waals surface area contributed by atoms with Gasteiger partial charge in [-0.05, 0) is 70.6 Å². The van der Waals surface area contributed by atoms with Gasteiger partial charge in [-0.3, -0.25) is 4.79 Å². The van der Waals surface area contributed by atoms with Crippen molar-refractivity contribution in [2.45, 2.75) is 64.5 Å². The summed E-state index contributed by atoms with van der Waals surface area (Å²) in [6, 6.07) is -0.280. The number of nitrogens with one attached hydrogen (secondary N) is 1. The van der Waals surface area contributed by atoms with Gasteiger partial charge in [-0.25, -0.2) is 4.79 Å². The van der Waals surface area contributed by atoms with Gasteiger partial charge in [0.1, 0.15) is 5.60 Å². The third-order valence-corrected chi connectivity index (χ3v) is 5.41. The third kappa shape index (κ3) is 2.51. The molecule has 4 bridgehead atoms. The summed E-state index contributed by atoms with van der Waals surface area (Å²) in [6.07, 6.45) is 4.19. The number of rotatable bonds is 2. The van der Waals surface area contributed by atoms with Gasteiger partial charge in [0.2, 0.25) is 0 Å². The van der Waals surface area contributed by atoms with Crippen LogP contribution < -0.4 is 5.32 Å². The van der Waals surface area contributed by atoms with Crippen LogP contribution in [-0.4, -0.2) is 28.8 Å². The van der Waals surface area contributed by atoms with Crippen molar-refractivity contribution in [3.8, 4) is 0 Å². The third-order valence-electron chi connectivity index (χ3n) is 5.41. The Morgan fingerprint density at radius 2 is 1.71 bits per heavy atom. The van der Waals surface area contributed by atoms with Crippen LogP contribution in [0, 0.1) is 23.2 Å². The number of carbonyl (C=O) groups excluding carboxylic acids is 1. The van der Waals surface area contributed by atoms with Gasteiger partial charge in [-0.2, -0.15) is 0 Å². The Morgan fingerprint density at radius 1 is 1.14 bits per heavy atom. The minimum absolute atomic E-state index is 0.280. The molecule has 0 radical (unpaired) electrons. The minimum atomic E-state index is -0.772. The van der Waals surface area contributed by atoms with Crippen LogP contribution in [0.25, 0.3) is 0 Å². The van der Waals surface area contributed by atoms with Crippen molar-refractivity contribution in [2.75, 3.05) is 0 Å². The van der Waals surface area contributed by atoms with Crippen molar-refractivity contribution < 1.29 is 19.4 Å². The van der Waals surface area contributed by atoms with Crippen LogP contribution in [0.3, 0.4) is 0 Å². The maximum absolute atomic E-state index is 12.1. The van der Waals surface area contributed by atoms with E-state index in [-0.39, 0.29) is 6.04 Å². The summed E-state index contributed by atoms with van der Waals surface area (Å²) in [5.41, 5.74) is -1.34. The molecule has 3 atom stereocenters. The summed E-state index contributed by atoms with van der Waals surface area (Å²) < 4.78 is 5.33. The molecule has 5 heteroatoms. The first-order valence-electron chi connectivity index (χ1n) is 7.92. The van der Waals surface area contributed by atoms with E-state index in [1.54, 1.807) is 0 Å². The summed E-state index contributed by atoms with van der Waals surface area (Å²) in [5.74, 6) is 0.591. The molecule has 3 unspecified atom stereocenters. The minimum Gasteiger partial charge on any atom is -0.481 e. The lowest BCUT2D eigenvalue weighted by Crippen LogP contribution is -2.65. The Kier molecular flexibility index (Phi) is 3.22. The summed E-state index contributed by atoms with van der Waals surface area (Å²) in [4.78, 5) is 24.0. The number of carbonyl (C=O) groups is 2. The predicted molar refractivity (Wildman–Crippen MR) is 76.8 cm³/mol.